The lowest BCUT2D eigenvalue weighted by molar-refractivity contribution is -0.153. The fourth-order valence-electron chi connectivity index (χ4n) is 5.75. The number of hydrogen-bond donors (Lipinski definition) is 2. The van der Waals surface area contributed by atoms with Crippen LogP contribution in [0.2, 0.25) is 0 Å². The van der Waals surface area contributed by atoms with Crippen LogP contribution in [0, 0.1) is 23.2 Å². The average Bonchev–Trinajstić information content (AvgIpc) is 2.82. The summed E-state index contributed by atoms with van der Waals surface area (Å²) in [6, 6.07) is 0. The second-order valence-electron chi connectivity index (χ2n) is 8.10. The van der Waals surface area contributed by atoms with Crippen LogP contribution in [0.15, 0.2) is 23.3 Å². The van der Waals surface area contributed by atoms with Crippen molar-refractivity contribution in [3.05, 3.63) is 23.3 Å². The van der Waals surface area contributed by atoms with E-state index in [1.54, 1.807) is 6.08 Å². The number of carbonyl (C=O) groups is 2. The van der Waals surface area contributed by atoms with Crippen molar-refractivity contribution in [2.75, 3.05) is 0 Å². The van der Waals surface area contributed by atoms with Gasteiger partial charge >= 0.3 is 5.97 Å². The molecule has 3 fully saturated rings. The number of allylic oxidation sites excluding steroid dienone is 2. The molecule has 3 saturated carbocycles. The molecule has 0 aromatic carbocycles. The van der Waals surface area contributed by atoms with Gasteiger partial charge in [-0.2, -0.15) is 0 Å². The fraction of sp³-hybridized carbons (Fsp3) is 0.684. The molecule has 4 aliphatic carbocycles. The van der Waals surface area contributed by atoms with Gasteiger partial charge in [-0.05, 0) is 67.1 Å². The summed E-state index contributed by atoms with van der Waals surface area (Å²) in [5, 5.41) is 19.5. The molecule has 0 aliphatic heterocycles. The van der Waals surface area contributed by atoms with E-state index in [-0.39, 0.29) is 11.8 Å². The lowest BCUT2D eigenvalue weighted by Gasteiger charge is -2.50. The first-order valence-corrected chi connectivity index (χ1v) is 8.76. The molecule has 5 atom stereocenters. The molecular formula is C19H24O4. The summed E-state index contributed by atoms with van der Waals surface area (Å²) in [7, 11) is 0. The fourth-order valence-corrected chi connectivity index (χ4v) is 5.75. The summed E-state index contributed by atoms with van der Waals surface area (Å²) < 4.78 is 0. The third-order valence-electron chi connectivity index (χ3n) is 7.08. The summed E-state index contributed by atoms with van der Waals surface area (Å²) in [6.07, 6.45) is 9.23. The smallest absolute Gasteiger partial charge is 0.340 e. The summed E-state index contributed by atoms with van der Waals surface area (Å²) in [6.45, 7) is 2.16. The van der Waals surface area contributed by atoms with Crippen molar-refractivity contribution >= 4 is 11.8 Å². The first kappa shape index (κ1) is 15.1. The predicted molar refractivity (Wildman–Crippen MR) is 84.7 cm³/mol. The molecule has 4 aliphatic rings. The highest BCUT2D eigenvalue weighted by molar-refractivity contribution is 5.87. The number of ketones is 1. The minimum absolute atomic E-state index is 0.126. The van der Waals surface area contributed by atoms with Crippen LogP contribution >= 0.6 is 0 Å². The predicted octanol–water partition coefficient (Wildman–Crippen LogP) is 2.86. The Balaban J connectivity index is 1.64. The topological polar surface area (TPSA) is 74.6 Å². The van der Waals surface area contributed by atoms with Gasteiger partial charge in [-0.3, -0.25) is 4.79 Å². The maximum Gasteiger partial charge on any atom is 0.340 e. The summed E-state index contributed by atoms with van der Waals surface area (Å²) in [4.78, 5) is 23.6. The van der Waals surface area contributed by atoms with E-state index in [0.29, 0.717) is 23.5 Å². The number of hydrogen-bond acceptors (Lipinski definition) is 3. The van der Waals surface area contributed by atoms with E-state index in [2.05, 4.69) is 6.92 Å². The minimum Gasteiger partial charge on any atom is -0.479 e. The molecule has 1 unspecified atom stereocenters. The van der Waals surface area contributed by atoms with Crippen LogP contribution in [-0.4, -0.2) is 27.6 Å². The Morgan fingerprint density at radius 2 is 2.04 bits per heavy atom. The standard InChI is InChI=1S/C19H24O4/c1-18-8-6-13-12-7-9-19(23,17(21)22)10-11(12)2-3-14(13)15(18)4-5-16(18)20/h7,10,13-15,23H,2-6,8-9H2,1H3,(H,21,22)/t13-,14-,15+,18+,19?/m1/s1. The number of rotatable bonds is 1. The van der Waals surface area contributed by atoms with E-state index in [9.17, 15) is 19.8 Å². The second-order valence-corrected chi connectivity index (χ2v) is 8.10. The summed E-state index contributed by atoms with van der Waals surface area (Å²) in [5.41, 5.74) is 0.418. The normalized spacial score (nSPS) is 45.5. The Hall–Kier alpha value is -1.42. The van der Waals surface area contributed by atoms with Crippen molar-refractivity contribution in [3.63, 3.8) is 0 Å². The van der Waals surface area contributed by atoms with Gasteiger partial charge in [-0.25, -0.2) is 4.79 Å². The number of carbonyl (C=O) groups excluding carboxylic acids is 1. The van der Waals surface area contributed by atoms with Gasteiger partial charge in [0.2, 0.25) is 0 Å². The van der Waals surface area contributed by atoms with Gasteiger partial charge in [-0.1, -0.05) is 13.0 Å². The van der Waals surface area contributed by atoms with Crippen LogP contribution in [0.3, 0.4) is 0 Å². The van der Waals surface area contributed by atoms with Crippen molar-refractivity contribution < 1.29 is 19.8 Å². The van der Waals surface area contributed by atoms with Crippen LogP contribution in [0.1, 0.15) is 51.9 Å². The van der Waals surface area contributed by atoms with Crippen molar-refractivity contribution in [2.24, 2.45) is 23.2 Å². The molecule has 0 spiro atoms. The molecule has 0 aromatic rings. The third-order valence-corrected chi connectivity index (χ3v) is 7.08. The second kappa shape index (κ2) is 4.79. The van der Waals surface area contributed by atoms with Crippen LogP contribution in [0.25, 0.3) is 0 Å². The molecule has 23 heavy (non-hydrogen) atoms. The van der Waals surface area contributed by atoms with Gasteiger partial charge in [0.15, 0.2) is 5.60 Å². The highest BCUT2D eigenvalue weighted by Crippen LogP contribution is 2.60. The molecule has 0 amide bonds. The van der Waals surface area contributed by atoms with E-state index in [0.717, 1.165) is 44.1 Å². The number of aliphatic carboxylic acids is 1. The van der Waals surface area contributed by atoms with Crippen molar-refractivity contribution in [2.45, 2.75) is 57.5 Å². The minimum atomic E-state index is -1.74. The number of carboxylic acids is 1. The molecule has 0 saturated heterocycles. The highest BCUT2D eigenvalue weighted by atomic mass is 16.4. The number of aliphatic hydroxyl groups is 1. The maximum atomic E-state index is 12.3. The number of carboxylic acid groups (broad SMARTS) is 1. The van der Waals surface area contributed by atoms with Crippen LogP contribution in [-0.2, 0) is 9.59 Å². The first-order chi connectivity index (χ1) is 10.8. The molecule has 4 rings (SSSR count). The summed E-state index contributed by atoms with van der Waals surface area (Å²) >= 11 is 0. The lowest BCUT2D eigenvalue weighted by atomic mass is 9.54. The van der Waals surface area contributed by atoms with E-state index in [1.807, 2.05) is 6.08 Å². The van der Waals surface area contributed by atoms with Crippen molar-refractivity contribution in [1.29, 1.82) is 0 Å². The molecule has 0 heterocycles. The molecule has 2 N–H and O–H groups in total. The van der Waals surface area contributed by atoms with E-state index >= 15 is 0 Å². The Kier molecular flexibility index (Phi) is 3.15. The monoisotopic (exact) mass is 316 g/mol. The lowest BCUT2D eigenvalue weighted by Crippen LogP contribution is -2.45. The van der Waals surface area contributed by atoms with Crippen LogP contribution < -0.4 is 0 Å². The molecule has 124 valence electrons. The zero-order chi connectivity index (χ0) is 16.4. The Labute approximate surface area is 136 Å². The van der Waals surface area contributed by atoms with E-state index in [4.69, 9.17) is 0 Å². The quantitative estimate of drug-likeness (QED) is 0.780. The molecule has 4 nitrogen and oxygen atoms in total. The zero-order valence-electron chi connectivity index (χ0n) is 13.5. The van der Waals surface area contributed by atoms with Crippen molar-refractivity contribution in [3.8, 4) is 0 Å². The van der Waals surface area contributed by atoms with E-state index < -0.39 is 11.6 Å². The molecule has 4 heteroatoms. The van der Waals surface area contributed by atoms with Gasteiger partial charge < -0.3 is 10.2 Å². The SMILES string of the molecule is C[C@]12CC[C@@H]3C4=CCC(O)(C(=O)O)C=C4CC[C@H]3[C@@H]1CCC2=O. The number of Topliss-reactive ketones (excluding diaryl/α,β-unsaturated/α-hetero) is 1. The maximum absolute atomic E-state index is 12.3. The Bertz CT molecular complexity index is 646. The molecule has 0 aromatic heterocycles. The van der Waals surface area contributed by atoms with Gasteiger partial charge in [0.25, 0.3) is 0 Å². The molecule has 0 bridgehead atoms. The number of fused-ring (bicyclic) bond motifs is 5. The largest absolute Gasteiger partial charge is 0.479 e. The molecular weight excluding hydrogens is 292 g/mol. The highest BCUT2D eigenvalue weighted by Gasteiger charge is 2.55. The Morgan fingerprint density at radius 1 is 1.26 bits per heavy atom. The third kappa shape index (κ3) is 2.00. The average molecular weight is 316 g/mol. The molecule has 0 radical (unpaired) electrons. The Morgan fingerprint density at radius 3 is 2.78 bits per heavy atom. The van der Waals surface area contributed by atoms with Crippen LogP contribution in [0.5, 0.6) is 0 Å². The summed E-state index contributed by atoms with van der Waals surface area (Å²) in [5.74, 6) is 0.744. The van der Waals surface area contributed by atoms with Gasteiger partial charge in [-0.15, -0.1) is 0 Å². The van der Waals surface area contributed by atoms with Crippen LogP contribution in [0.4, 0.5) is 0 Å². The first-order valence-electron chi connectivity index (χ1n) is 8.76. The van der Waals surface area contributed by atoms with Crippen molar-refractivity contribution in [1.82, 2.24) is 0 Å². The van der Waals surface area contributed by atoms with Gasteiger partial charge in [0.05, 0.1) is 0 Å². The van der Waals surface area contributed by atoms with Gasteiger partial charge in [0, 0.05) is 18.3 Å². The zero-order valence-corrected chi connectivity index (χ0v) is 13.5. The van der Waals surface area contributed by atoms with E-state index in [1.165, 1.54) is 5.57 Å². The van der Waals surface area contributed by atoms with Gasteiger partial charge in [0.1, 0.15) is 5.78 Å².